The zero-order chi connectivity index (χ0) is 26.7. The average Bonchev–Trinajstić information content (AvgIpc) is 3.46. The normalized spacial score (nSPS) is 49.6. The molecule has 2 saturated heterocycles. The van der Waals surface area contributed by atoms with Gasteiger partial charge >= 0.3 is 0 Å². The number of hydrogen-bond donors (Lipinski definition) is 2. The largest absolute Gasteiger partial charge is 0.389 e. The molecule has 6 nitrogen and oxygen atoms in total. The van der Waals surface area contributed by atoms with Gasteiger partial charge < -0.3 is 29.2 Å². The van der Waals surface area contributed by atoms with E-state index in [4.69, 9.17) is 18.9 Å². The van der Waals surface area contributed by atoms with Gasteiger partial charge in [-0.1, -0.05) is 26.7 Å². The van der Waals surface area contributed by atoms with Crippen molar-refractivity contribution in [3.8, 4) is 11.8 Å². The highest BCUT2D eigenvalue weighted by atomic mass is 16.7. The van der Waals surface area contributed by atoms with Crippen LogP contribution in [0.3, 0.4) is 0 Å². The van der Waals surface area contributed by atoms with Crippen LogP contribution in [0, 0.1) is 46.3 Å². The van der Waals surface area contributed by atoms with Crippen LogP contribution in [-0.2, 0) is 18.9 Å². The van der Waals surface area contributed by atoms with Gasteiger partial charge in [0, 0.05) is 36.7 Å². The first-order chi connectivity index (χ1) is 18.1. The van der Waals surface area contributed by atoms with Gasteiger partial charge in [-0.3, -0.25) is 0 Å². The van der Waals surface area contributed by atoms with E-state index in [1.807, 2.05) is 0 Å². The van der Waals surface area contributed by atoms with Crippen molar-refractivity contribution in [2.45, 2.75) is 128 Å². The summed E-state index contributed by atoms with van der Waals surface area (Å²) in [5.74, 6) is 7.76. The Hall–Kier alpha value is -0.680. The predicted molar refractivity (Wildman–Crippen MR) is 144 cm³/mol. The minimum absolute atomic E-state index is 0.0455. The van der Waals surface area contributed by atoms with Crippen molar-refractivity contribution in [2.75, 3.05) is 26.4 Å². The minimum atomic E-state index is -0.921. The highest BCUT2D eigenvalue weighted by molar-refractivity contribution is 5.27. The molecule has 6 rings (SSSR count). The van der Waals surface area contributed by atoms with Crippen molar-refractivity contribution in [1.82, 2.24) is 0 Å². The second-order valence-electron chi connectivity index (χ2n) is 14.1. The molecular formula is C32H50O6. The summed E-state index contributed by atoms with van der Waals surface area (Å²) in [7, 11) is 0. The van der Waals surface area contributed by atoms with Crippen LogP contribution in [-0.4, -0.2) is 59.9 Å². The zero-order valence-electron chi connectivity index (χ0n) is 23.9. The lowest BCUT2D eigenvalue weighted by Gasteiger charge is -2.67. The first-order valence-electron chi connectivity index (χ1n) is 15.6. The topological polar surface area (TPSA) is 77.4 Å². The number of ether oxygens (including phenoxy) is 4. The molecule has 6 aliphatic rings. The third-order valence-corrected chi connectivity index (χ3v) is 12.4. The summed E-state index contributed by atoms with van der Waals surface area (Å²) in [5.41, 5.74) is -2.03. The summed E-state index contributed by atoms with van der Waals surface area (Å²) < 4.78 is 23.7. The van der Waals surface area contributed by atoms with E-state index in [-0.39, 0.29) is 23.0 Å². The third-order valence-electron chi connectivity index (χ3n) is 12.4. The fourth-order valence-corrected chi connectivity index (χ4v) is 10.0. The molecule has 0 bridgehead atoms. The van der Waals surface area contributed by atoms with Crippen LogP contribution in [0.5, 0.6) is 0 Å². The van der Waals surface area contributed by atoms with E-state index in [1.165, 1.54) is 6.42 Å². The van der Waals surface area contributed by atoms with Crippen LogP contribution in [0.25, 0.3) is 0 Å². The fourth-order valence-electron chi connectivity index (χ4n) is 10.0. The standard InChI is InChI=1S/C32H50O6/c1-23-21-24-25-11-14-30(33,12-6-4-7-17-35-27-9-5-8-18-36-27)28(25,2)13-10-26(24)29(3)15-16-31(22-32(23,29)34)37-19-20-38-31/h23-27,33-34H,4-5,7-11,13-22H2,1-3H3/t23-,24?,25?,26?,27?,28+,29-,30?,32?/m1/s1. The SMILES string of the molecule is C[C@@H]1CC2C3CCC(O)(C#CCCCOC4CCCCO4)[C@@]3(C)CCC2[C@@]2(C)CCC3(CC12O)OCCO3. The van der Waals surface area contributed by atoms with Gasteiger partial charge in [-0.2, -0.15) is 0 Å². The Labute approximate surface area is 229 Å². The summed E-state index contributed by atoms with van der Waals surface area (Å²) in [6.07, 6.45) is 12.1. The lowest BCUT2D eigenvalue weighted by Crippen LogP contribution is -2.68. The van der Waals surface area contributed by atoms with Gasteiger partial charge in [0.15, 0.2) is 12.1 Å². The lowest BCUT2D eigenvalue weighted by molar-refractivity contribution is -0.301. The van der Waals surface area contributed by atoms with Gasteiger partial charge in [-0.25, -0.2) is 0 Å². The highest BCUT2D eigenvalue weighted by Gasteiger charge is 2.70. The summed E-state index contributed by atoms with van der Waals surface area (Å²) in [6, 6.07) is 0. The van der Waals surface area contributed by atoms with Crippen LogP contribution >= 0.6 is 0 Å². The summed E-state index contributed by atoms with van der Waals surface area (Å²) >= 11 is 0. The number of aliphatic hydroxyl groups is 2. The van der Waals surface area contributed by atoms with E-state index < -0.39 is 17.0 Å². The van der Waals surface area contributed by atoms with Gasteiger partial charge in [0.25, 0.3) is 0 Å². The average molecular weight is 531 g/mol. The number of fused-ring (bicyclic) bond motifs is 5. The van der Waals surface area contributed by atoms with Crippen LogP contribution in [0.4, 0.5) is 0 Å². The zero-order valence-corrected chi connectivity index (χ0v) is 23.9. The summed E-state index contributed by atoms with van der Waals surface area (Å²) in [4.78, 5) is 0. The summed E-state index contributed by atoms with van der Waals surface area (Å²) in [6.45, 7) is 9.65. The van der Waals surface area contributed by atoms with Crippen LogP contribution < -0.4 is 0 Å². The molecule has 0 amide bonds. The van der Waals surface area contributed by atoms with E-state index in [1.54, 1.807) is 0 Å². The maximum atomic E-state index is 12.3. The Morgan fingerprint density at radius 1 is 0.895 bits per heavy atom. The molecule has 4 aliphatic carbocycles. The maximum Gasteiger partial charge on any atom is 0.171 e. The molecule has 0 aromatic carbocycles. The Balaban J connectivity index is 1.12. The van der Waals surface area contributed by atoms with Gasteiger partial charge in [0.1, 0.15) is 5.60 Å². The summed E-state index contributed by atoms with van der Waals surface area (Å²) in [5, 5.41) is 24.3. The van der Waals surface area contributed by atoms with Crippen LogP contribution in [0.2, 0.25) is 0 Å². The van der Waals surface area contributed by atoms with E-state index in [0.717, 1.165) is 77.2 Å². The Kier molecular flexibility index (Phi) is 7.23. The highest BCUT2D eigenvalue weighted by Crippen LogP contribution is 2.71. The van der Waals surface area contributed by atoms with Crippen molar-refractivity contribution in [1.29, 1.82) is 0 Å². The molecule has 9 atom stereocenters. The molecule has 0 aromatic rings. The Morgan fingerprint density at radius 2 is 1.66 bits per heavy atom. The molecule has 2 N–H and O–H groups in total. The van der Waals surface area contributed by atoms with Gasteiger partial charge in [0.2, 0.25) is 0 Å². The number of rotatable bonds is 4. The number of hydrogen-bond acceptors (Lipinski definition) is 6. The van der Waals surface area contributed by atoms with Crippen LogP contribution in [0.15, 0.2) is 0 Å². The van der Waals surface area contributed by atoms with Gasteiger partial charge in [-0.05, 0) is 87.9 Å². The lowest BCUT2D eigenvalue weighted by atomic mass is 9.40. The van der Waals surface area contributed by atoms with Crippen molar-refractivity contribution in [3.63, 3.8) is 0 Å². The van der Waals surface area contributed by atoms with E-state index in [0.29, 0.717) is 44.0 Å². The molecule has 2 aliphatic heterocycles. The maximum absolute atomic E-state index is 12.3. The van der Waals surface area contributed by atoms with Crippen molar-refractivity contribution < 1.29 is 29.2 Å². The van der Waals surface area contributed by atoms with E-state index in [9.17, 15) is 10.2 Å². The Morgan fingerprint density at radius 3 is 2.42 bits per heavy atom. The molecule has 0 radical (unpaired) electrons. The first kappa shape index (κ1) is 27.5. The molecule has 6 unspecified atom stereocenters. The molecular weight excluding hydrogens is 480 g/mol. The van der Waals surface area contributed by atoms with E-state index >= 15 is 0 Å². The molecule has 1 spiro atoms. The number of unbranched alkanes of at least 4 members (excludes halogenated alkanes) is 1. The van der Waals surface area contributed by atoms with Gasteiger partial charge in [0.05, 0.1) is 25.4 Å². The second-order valence-corrected chi connectivity index (χ2v) is 14.1. The van der Waals surface area contributed by atoms with Gasteiger partial charge in [-0.15, -0.1) is 5.92 Å². The molecule has 4 saturated carbocycles. The van der Waals surface area contributed by atoms with E-state index in [2.05, 4.69) is 32.6 Å². The van der Waals surface area contributed by atoms with Crippen molar-refractivity contribution in [3.05, 3.63) is 0 Å². The molecule has 214 valence electrons. The quantitative estimate of drug-likeness (QED) is 0.385. The van der Waals surface area contributed by atoms with Crippen molar-refractivity contribution >= 4 is 0 Å². The van der Waals surface area contributed by atoms with Crippen molar-refractivity contribution in [2.24, 2.45) is 34.5 Å². The minimum Gasteiger partial charge on any atom is -0.389 e. The molecule has 6 heteroatoms. The fraction of sp³-hybridized carbons (Fsp3) is 0.938. The monoisotopic (exact) mass is 530 g/mol. The first-order valence-corrected chi connectivity index (χ1v) is 15.6. The second kappa shape index (κ2) is 10.00. The molecule has 38 heavy (non-hydrogen) atoms. The molecule has 0 aromatic heterocycles. The molecule has 6 fully saturated rings. The third kappa shape index (κ3) is 4.22. The Bertz CT molecular complexity index is 930. The molecule has 2 heterocycles. The predicted octanol–water partition coefficient (Wildman–Crippen LogP) is 5.19. The van der Waals surface area contributed by atoms with Crippen LogP contribution in [0.1, 0.15) is 104 Å². The smallest absolute Gasteiger partial charge is 0.171 e.